The lowest BCUT2D eigenvalue weighted by molar-refractivity contribution is -0.347. The van der Waals surface area contributed by atoms with E-state index in [9.17, 15) is 8.42 Å². The molecule has 0 spiro atoms. The van der Waals surface area contributed by atoms with Gasteiger partial charge in [-0.1, -0.05) is 11.6 Å². The van der Waals surface area contributed by atoms with E-state index in [0.29, 0.717) is 10.8 Å². The first-order chi connectivity index (χ1) is 13.0. The molecule has 1 aliphatic rings. The first-order valence-corrected chi connectivity index (χ1v) is 10.6. The van der Waals surface area contributed by atoms with Crippen LogP contribution in [0.1, 0.15) is 12.8 Å². The van der Waals surface area contributed by atoms with Gasteiger partial charge in [0.1, 0.15) is 5.75 Å². The molecule has 1 fully saturated rings. The molecule has 1 aliphatic heterocycles. The summed E-state index contributed by atoms with van der Waals surface area (Å²) in [6.07, 6.45) is 3.68. The molecule has 0 atom stereocenters. The number of sulfone groups is 1. The summed E-state index contributed by atoms with van der Waals surface area (Å²) in [6, 6.07) is 12.0. The van der Waals surface area contributed by atoms with Crippen LogP contribution in [0.15, 0.2) is 58.5 Å². The minimum absolute atomic E-state index is 0.235. The average Bonchev–Trinajstić information content (AvgIpc) is 3.21. The topological polar surface area (TPSA) is 60.8 Å². The standard InChI is InChI=1S/C20H19ClN2O3S/c1-26-15-5-7-16(8-6-15)27(24,25)19-13-22-18-9-4-14(21)12-17(18)20(19)23-10-2-3-11-23/h4-9,12-13H,2-3,10-11H2,1H3/p+1. The maximum atomic E-state index is 13.4. The third-order valence-electron chi connectivity index (χ3n) is 4.91. The maximum Gasteiger partial charge on any atom is 0.214 e. The molecule has 0 saturated carbocycles. The van der Waals surface area contributed by atoms with E-state index < -0.39 is 9.84 Å². The summed E-state index contributed by atoms with van der Waals surface area (Å²) in [5, 5.41) is 1.40. The molecule has 0 amide bonds. The molecule has 2 aromatic carbocycles. The van der Waals surface area contributed by atoms with E-state index in [-0.39, 0.29) is 9.79 Å². The van der Waals surface area contributed by atoms with Gasteiger partial charge in [-0.15, -0.1) is 0 Å². The van der Waals surface area contributed by atoms with Gasteiger partial charge in [0.25, 0.3) is 0 Å². The van der Waals surface area contributed by atoms with Crippen molar-refractivity contribution < 1.29 is 18.1 Å². The van der Waals surface area contributed by atoms with Crippen LogP contribution in [0.3, 0.4) is 0 Å². The lowest BCUT2D eigenvalue weighted by Gasteiger charge is -2.21. The number of fused-ring (bicyclic) bond motifs is 1. The normalized spacial score (nSPS) is 14.7. The SMILES string of the molecule is COc1ccc(S(=O)(=O)c2c[nH+]c3ccc(Cl)cc3c2N2CCCC2)cc1. The van der Waals surface area contributed by atoms with E-state index in [0.717, 1.165) is 42.5 Å². The zero-order valence-electron chi connectivity index (χ0n) is 14.9. The highest BCUT2D eigenvalue weighted by Gasteiger charge is 2.30. The van der Waals surface area contributed by atoms with Crippen LogP contribution >= 0.6 is 11.6 Å². The summed E-state index contributed by atoms with van der Waals surface area (Å²) in [7, 11) is -2.16. The van der Waals surface area contributed by atoms with Gasteiger partial charge in [-0.2, -0.15) is 0 Å². The van der Waals surface area contributed by atoms with Crippen molar-refractivity contribution in [1.82, 2.24) is 0 Å². The molecule has 3 aromatic rings. The largest absolute Gasteiger partial charge is 0.497 e. The van der Waals surface area contributed by atoms with Gasteiger partial charge in [-0.3, -0.25) is 0 Å². The second-order valence-electron chi connectivity index (χ2n) is 6.56. The van der Waals surface area contributed by atoms with Gasteiger partial charge in [-0.05, 0) is 49.2 Å². The first-order valence-electron chi connectivity index (χ1n) is 8.79. The average molecular weight is 404 g/mol. The Labute approximate surface area is 163 Å². The molecule has 2 heterocycles. The highest BCUT2D eigenvalue weighted by Crippen LogP contribution is 2.37. The third kappa shape index (κ3) is 3.24. The van der Waals surface area contributed by atoms with E-state index in [1.807, 2.05) is 12.1 Å². The smallest absolute Gasteiger partial charge is 0.214 e. The number of benzene rings is 2. The molecule has 7 heteroatoms. The Morgan fingerprint density at radius 2 is 1.78 bits per heavy atom. The fourth-order valence-electron chi connectivity index (χ4n) is 3.54. The summed E-state index contributed by atoms with van der Waals surface area (Å²) in [4.78, 5) is 5.76. The Bertz CT molecular complexity index is 1090. The van der Waals surface area contributed by atoms with Crippen LogP contribution in [0.25, 0.3) is 10.9 Å². The molecule has 1 aromatic heterocycles. The van der Waals surface area contributed by atoms with E-state index in [1.54, 1.807) is 43.6 Å². The number of pyridine rings is 1. The van der Waals surface area contributed by atoms with Crippen LogP contribution < -0.4 is 14.6 Å². The predicted molar refractivity (Wildman–Crippen MR) is 105 cm³/mol. The molecule has 1 N–H and O–H groups in total. The van der Waals surface area contributed by atoms with Crippen LogP contribution in [-0.4, -0.2) is 28.6 Å². The number of halogens is 1. The van der Waals surface area contributed by atoms with E-state index in [1.165, 1.54) is 0 Å². The van der Waals surface area contributed by atoms with Gasteiger partial charge in [0.2, 0.25) is 15.4 Å². The number of rotatable bonds is 4. The van der Waals surface area contributed by atoms with Gasteiger partial charge < -0.3 is 9.64 Å². The summed E-state index contributed by atoms with van der Waals surface area (Å²) < 4.78 is 32.0. The molecule has 0 unspecified atom stereocenters. The highest BCUT2D eigenvalue weighted by atomic mass is 35.5. The van der Waals surface area contributed by atoms with Crippen molar-refractivity contribution in [3.63, 3.8) is 0 Å². The lowest BCUT2D eigenvalue weighted by Crippen LogP contribution is -2.23. The van der Waals surface area contributed by atoms with E-state index in [4.69, 9.17) is 16.3 Å². The van der Waals surface area contributed by atoms with Crippen molar-refractivity contribution in [2.75, 3.05) is 25.1 Å². The molecule has 0 radical (unpaired) electrons. The fourth-order valence-corrected chi connectivity index (χ4v) is 5.16. The molecule has 0 bridgehead atoms. The van der Waals surface area contributed by atoms with Crippen molar-refractivity contribution in [2.45, 2.75) is 22.6 Å². The first kappa shape index (κ1) is 18.1. The van der Waals surface area contributed by atoms with Crippen molar-refractivity contribution in [3.8, 4) is 5.75 Å². The van der Waals surface area contributed by atoms with Crippen LogP contribution in [0.4, 0.5) is 5.69 Å². The Kier molecular flexibility index (Phi) is 4.70. The van der Waals surface area contributed by atoms with Gasteiger partial charge in [-0.25, -0.2) is 13.4 Å². The summed E-state index contributed by atoms with van der Waals surface area (Å²) in [5.41, 5.74) is 1.58. The summed E-state index contributed by atoms with van der Waals surface area (Å²) in [5.74, 6) is 0.616. The highest BCUT2D eigenvalue weighted by molar-refractivity contribution is 7.91. The molecular weight excluding hydrogens is 384 g/mol. The number of methoxy groups -OCH3 is 1. The minimum Gasteiger partial charge on any atom is -0.497 e. The number of nitrogens with one attached hydrogen (secondary N) is 1. The third-order valence-corrected chi connectivity index (χ3v) is 6.93. The Morgan fingerprint density at radius 1 is 1.07 bits per heavy atom. The molecule has 0 aliphatic carbocycles. The summed E-state index contributed by atoms with van der Waals surface area (Å²) in [6.45, 7) is 1.66. The van der Waals surface area contributed by atoms with Gasteiger partial charge >= 0.3 is 0 Å². The quantitative estimate of drug-likeness (QED) is 0.665. The van der Waals surface area contributed by atoms with Gasteiger partial charge in [0.15, 0.2) is 11.1 Å². The maximum absolute atomic E-state index is 13.4. The van der Waals surface area contributed by atoms with Crippen molar-refractivity contribution in [1.29, 1.82) is 0 Å². The zero-order chi connectivity index (χ0) is 19.0. The number of anilines is 1. The van der Waals surface area contributed by atoms with Crippen LogP contribution in [0, 0.1) is 0 Å². The number of nitrogens with zero attached hydrogens (tertiary/aromatic N) is 1. The van der Waals surface area contributed by atoms with E-state index in [2.05, 4.69) is 9.88 Å². The Morgan fingerprint density at radius 3 is 2.44 bits per heavy atom. The van der Waals surface area contributed by atoms with Crippen molar-refractivity contribution in [2.24, 2.45) is 0 Å². The molecule has 5 nitrogen and oxygen atoms in total. The number of hydrogen-bond acceptors (Lipinski definition) is 4. The number of aromatic amines is 1. The monoisotopic (exact) mass is 403 g/mol. The second kappa shape index (κ2) is 7.02. The lowest BCUT2D eigenvalue weighted by atomic mass is 10.1. The molecule has 27 heavy (non-hydrogen) atoms. The Balaban J connectivity index is 1.95. The molecular formula is C20H20ClN2O3S+. The number of H-pyrrole nitrogens is 1. The minimum atomic E-state index is -3.71. The van der Waals surface area contributed by atoms with Crippen LogP contribution in [0.2, 0.25) is 5.02 Å². The second-order valence-corrected chi connectivity index (χ2v) is 8.92. The van der Waals surface area contributed by atoms with Crippen LogP contribution in [0.5, 0.6) is 5.75 Å². The number of aromatic nitrogens is 1. The molecule has 4 rings (SSSR count). The fraction of sp³-hybridized carbons (Fsp3) is 0.250. The summed E-state index contributed by atoms with van der Waals surface area (Å²) >= 11 is 6.22. The van der Waals surface area contributed by atoms with Gasteiger partial charge in [0.05, 0.1) is 23.1 Å². The number of ether oxygens (including phenoxy) is 1. The van der Waals surface area contributed by atoms with Crippen molar-refractivity contribution >= 4 is 38.0 Å². The van der Waals surface area contributed by atoms with Crippen LogP contribution in [-0.2, 0) is 9.84 Å². The number of hydrogen-bond donors (Lipinski definition) is 0. The molecule has 1 saturated heterocycles. The molecule has 140 valence electrons. The van der Waals surface area contributed by atoms with Gasteiger partial charge in [0, 0.05) is 24.2 Å². The van der Waals surface area contributed by atoms with E-state index >= 15 is 0 Å². The van der Waals surface area contributed by atoms with Crippen molar-refractivity contribution in [3.05, 3.63) is 53.7 Å². The predicted octanol–water partition coefficient (Wildman–Crippen LogP) is 3.75. The Hall–Kier alpha value is -2.31. The zero-order valence-corrected chi connectivity index (χ0v) is 16.5.